The molecular formula is C7H9N5O2S. The average Bonchev–Trinajstić information content (AvgIpc) is 2.75. The molecule has 2 rings (SSSR count). The fraction of sp³-hybridized carbons (Fsp3) is 0.143. The Hall–Kier alpha value is -1.83. The highest BCUT2D eigenvalue weighted by Crippen LogP contribution is 2.15. The third kappa shape index (κ3) is 1.84. The highest BCUT2D eigenvalue weighted by Gasteiger charge is 2.18. The van der Waals surface area contributed by atoms with Gasteiger partial charge >= 0.3 is 0 Å². The Morgan fingerprint density at radius 3 is 2.67 bits per heavy atom. The molecule has 0 fully saturated rings. The number of H-pyrrole nitrogens is 2. The first-order valence-corrected chi connectivity index (χ1v) is 5.59. The van der Waals surface area contributed by atoms with Crippen LogP contribution in [0.25, 0.3) is 0 Å². The second-order valence-electron chi connectivity index (χ2n) is 2.95. The lowest BCUT2D eigenvalue weighted by molar-refractivity contribution is 0.600. The van der Waals surface area contributed by atoms with E-state index in [1.165, 1.54) is 18.6 Å². The molecule has 0 aromatic carbocycles. The van der Waals surface area contributed by atoms with Crippen molar-refractivity contribution in [2.24, 2.45) is 0 Å². The molecule has 0 spiro atoms. The first-order valence-electron chi connectivity index (χ1n) is 4.11. The van der Waals surface area contributed by atoms with Crippen LogP contribution in [0.4, 0.5) is 5.69 Å². The number of aryl methyl sites for hydroxylation is 1. The van der Waals surface area contributed by atoms with Crippen molar-refractivity contribution in [3.05, 3.63) is 24.3 Å². The highest BCUT2D eigenvalue weighted by atomic mass is 32.2. The zero-order valence-electron chi connectivity index (χ0n) is 7.85. The van der Waals surface area contributed by atoms with Crippen LogP contribution in [-0.4, -0.2) is 28.8 Å². The number of aromatic nitrogens is 4. The second kappa shape index (κ2) is 3.39. The minimum absolute atomic E-state index is 0.128. The summed E-state index contributed by atoms with van der Waals surface area (Å²) in [6.45, 7) is 1.64. The quantitative estimate of drug-likeness (QED) is 0.698. The second-order valence-corrected chi connectivity index (χ2v) is 4.60. The molecule has 0 radical (unpaired) electrons. The van der Waals surface area contributed by atoms with E-state index < -0.39 is 10.0 Å². The number of sulfonamides is 1. The van der Waals surface area contributed by atoms with Gasteiger partial charge in [-0.05, 0) is 6.92 Å². The first-order chi connectivity index (χ1) is 7.09. The molecule has 0 atom stereocenters. The van der Waals surface area contributed by atoms with Gasteiger partial charge < -0.3 is 0 Å². The number of nitrogens with zero attached hydrogens (tertiary/aromatic N) is 2. The van der Waals surface area contributed by atoms with E-state index >= 15 is 0 Å². The lowest BCUT2D eigenvalue weighted by Crippen LogP contribution is -2.12. The summed E-state index contributed by atoms with van der Waals surface area (Å²) in [5, 5.41) is 12.4. The standard InChI is InChI=1S/C7H9N5O2S/c1-5-7(4-10-11-5)15(13,14)12-6-2-8-9-3-6/h2-4,12H,1H3,(H,8,9)(H,10,11). The van der Waals surface area contributed by atoms with Crippen LogP contribution in [0.1, 0.15) is 5.69 Å². The van der Waals surface area contributed by atoms with Crippen molar-refractivity contribution >= 4 is 15.7 Å². The maximum atomic E-state index is 11.8. The zero-order chi connectivity index (χ0) is 10.9. The van der Waals surface area contributed by atoms with E-state index in [9.17, 15) is 8.42 Å². The van der Waals surface area contributed by atoms with Crippen molar-refractivity contribution in [2.75, 3.05) is 4.72 Å². The van der Waals surface area contributed by atoms with E-state index in [1.54, 1.807) is 6.92 Å². The van der Waals surface area contributed by atoms with Gasteiger partial charge in [0.05, 0.1) is 23.8 Å². The van der Waals surface area contributed by atoms with Crippen LogP contribution in [0.3, 0.4) is 0 Å². The summed E-state index contributed by atoms with van der Waals surface area (Å²) in [5.74, 6) is 0. The van der Waals surface area contributed by atoms with Gasteiger partial charge in [-0.1, -0.05) is 0 Å². The van der Waals surface area contributed by atoms with E-state index in [0.717, 1.165) is 0 Å². The molecule has 0 unspecified atom stereocenters. The summed E-state index contributed by atoms with van der Waals surface area (Å²) in [6.07, 6.45) is 4.09. The molecule has 0 saturated heterocycles. The van der Waals surface area contributed by atoms with Crippen LogP contribution in [-0.2, 0) is 10.0 Å². The molecule has 0 saturated carbocycles. The fourth-order valence-electron chi connectivity index (χ4n) is 1.13. The van der Waals surface area contributed by atoms with Crippen LogP contribution < -0.4 is 4.72 Å². The third-order valence-corrected chi connectivity index (χ3v) is 3.32. The van der Waals surface area contributed by atoms with Gasteiger partial charge in [-0.25, -0.2) is 8.42 Å². The first kappa shape index (κ1) is 9.71. The molecule has 0 aliphatic rings. The molecule has 2 aromatic heterocycles. The number of aromatic amines is 2. The van der Waals surface area contributed by atoms with Gasteiger partial charge in [-0.2, -0.15) is 10.2 Å². The lowest BCUT2D eigenvalue weighted by atomic mass is 10.5. The van der Waals surface area contributed by atoms with Gasteiger partial charge in [-0.15, -0.1) is 0 Å². The summed E-state index contributed by atoms with van der Waals surface area (Å²) in [6, 6.07) is 0. The summed E-state index contributed by atoms with van der Waals surface area (Å²) in [4.78, 5) is 0.128. The van der Waals surface area contributed by atoms with Gasteiger partial charge in [0.1, 0.15) is 4.90 Å². The summed E-state index contributed by atoms with van der Waals surface area (Å²) in [5.41, 5.74) is 0.876. The van der Waals surface area contributed by atoms with Crippen LogP contribution in [0.2, 0.25) is 0 Å². The van der Waals surface area contributed by atoms with Crippen LogP contribution in [0.15, 0.2) is 23.5 Å². The Bertz CT molecular complexity index is 542. The van der Waals surface area contributed by atoms with E-state index in [0.29, 0.717) is 11.4 Å². The number of anilines is 1. The zero-order valence-corrected chi connectivity index (χ0v) is 8.67. The Labute approximate surface area is 86.0 Å². The lowest BCUT2D eigenvalue weighted by Gasteiger charge is -2.03. The summed E-state index contributed by atoms with van der Waals surface area (Å²) >= 11 is 0. The molecule has 7 nitrogen and oxygen atoms in total. The molecule has 2 aromatic rings. The van der Waals surface area contributed by atoms with Crippen molar-refractivity contribution in [3.8, 4) is 0 Å². The predicted octanol–water partition coefficient (Wildman–Crippen LogP) is 0.242. The Kier molecular flexibility index (Phi) is 2.19. The van der Waals surface area contributed by atoms with Crippen LogP contribution >= 0.6 is 0 Å². The van der Waals surface area contributed by atoms with Gasteiger partial charge in [-0.3, -0.25) is 14.9 Å². The molecule has 15 heavy (non-hydrogen) atoms. The van der Waals surface area contributed by atoms with Crippen molar-refractivity contribution in [1.29, 1.82) is 0 Å². The van der Waals surface area contributed by atoms with Crippen LogP contribution in [0, 0.1) is 6.92 Å². The topological polar surface area (TPSA) is 104 Å². The van der Waals surface area contributed by atoms with Gasteiger partial charge in [0.25, 0.3) is 10.0 Å². The van der Waals surface area contributed by atoms with Crippen molar-refractivity contribution in [1.82, 2.24) is 20.4 Å². The molecular weight excluding hydrogens is 218 g/mol. The summed E-state index contributed by atoms with van der Waals surface area (Å²) < 4.78 is 25.9. The van der Waals surface area contributed by atoms with Gasteiger partial charge in [0, 0.05) is 6.20 Å². The number of hydrogen-bond donors (Lipinski definition) is 3. The fourth-order valence-corrected chi connectivity index (χ4v) is 2.30. The van der Waals surface area contributed by atoms with E-state index in [1.807, 2.05) is 0 Å². The molecule has 80 valence electrons. The maximum absolute atomic E-state index is 11.8. The minimum atomic E-state index is -3.57. The minimum Gasteiger partial charge on any atom is -0.284 e. The summed E-state index contributed by atoms with van der Waals surface area (Å²) in [7, 11) is -3.57. The molecule has 0 bridgehead atoms. The molecule has 3 N–H and O–H groups in total. The molecule has 8 heteroatoms. The Morgan fingerprint density at radius 1 is 1.33 bits per heavy atom. The highest BCUT2D eigenvalue weighted by molar-refractivity contribution is 7.92. The molecule has 0 aliphatic carbocycles. The SMILES string of the molecule is Cc1[nH]ncc1S(=O)(=O)Nc1cn[nH]c1. The Morgan fingerprint density at radius 2 is 2.13 bits per heavy atom. The number of rotatable bonds is 3. The van der Waals surface area contributed by atoms with E-state index in [4.69, 9.17) is 0 Å². The van der Waals surface area contributed by atoms with E-state index in [2.05, 4.69) is 25.1 Å². The molecule has 0 aliphatic heterocycles. The Balaban J connectivity index is 2.33. The van der Waals surface area contributed by atoms with E-state index in [-0.39, 0.29) is 4.90 Å². The molecule has 2 heterocycles. The monoisotopic (exact) mass is 227 g/mol. The largest absolute Gasteiger partial charge is 0.284 e. The van der Waals surface area contributed by atoms with Gasteiger partial charge in [0.15, 0.2) is 0 Å². The van der Waals surface area contributed by atoms with Gasteiger partial charge in [0.2, 0.25) is 0 Å². The average molecular weight is 227 g/mol. The number of hydrogen-bond acceptors (Lipinski definition) is 4. The third-order valence-electron chi connectivity index (χ3n) is 1.82. The molecule has 0 amide bonds. The van der Waals surface area contributed by atoms with Crippen molar-refractivity contribution < 1.29 is 8.42 Å². The smallest absolute Gasteiger partial charge is 0.265 e. The van der Waals surface area contributed by atoms with Crippen molar-refractivity contribution in [3.63, 3.8) is 0 Å². The predicted molar refractivity (Wildman–Crippen MR) is 52.7 cm³/mol. The maximum Gasteiger partial charge on any atom is 0.265 e. The van der Waals surface area contributed by atoms with Crippen LogP contribution in [0.5, 0.6) is 0 Å². The number of nitrogens with one attached hydrogen (secondary N) is 3. The normalized spacial score (nSPS) is 11.5. The van der Waals surface area contributed by atoms with Crippen molar-refractivity contribution in [2.45, 2.75) is 11.8 Å².